The molecule has 0 spiro atoms. The molecule has 1 aliphatic rings. The number of nitrogens with zero attached hydrogens (tertiary/aromatic N) is 3. The van der Waals surface area contributed by atoms with Crippen molar-refractivity contribution in [3.63, 3.8) is 0 Å². The van der Waals surface area contributed by atoms with Crippen LogP contribution in [0, 0.1) is 0 Å². The van der Waals surface area contributed by atoms with Crippen LogP contribution in [0.15, 0.2) is 48.9 Å². The summed E-state index contributed by atoms with van der Waals surface area (Å²) < 4.78 is 5.36. The molecule has 3 aromatic heterocycles. The van der Waals surface area contributed by atoms with E-state index in [1.807, 2.05) is 42.9 Å². The minimum absolute atomic E-state index is 0.459. The molecule has 0 saturated carbocycles. The Kier molecular flexibility index (Phi) is 4.80. The maximum absolute atomic E-state index is 6.25. The van der Waals surface area contributed by atoms with Crippen LogP contribution in [-0.2, 0) is 0 Å². The number of nitrogens with one attached hydrogen (secondary N) is 2. The first-order valence-electron chi connectivity index (χ1n) is 10.2. The standard InChI is InChI=1S/C23H24N6O/c1-30-18-3-2-15-11-26-21(10-16(15)8-18)19-9-17(12-27-23(19)24)20-13-28-29-22(20)14-4-6-25-7-5-14/h2-3,8-14,25H,4-7H2,1H3,(H2,24,27)(H,28,29). The van der Waals surface area contributed by atoms with Gasteiger partial charge in [0.2, 0.25) is 0 Å². The maximum Gasteiger partial charge on any atom is 0.132 e. The highest BCUT2D eigenvalue weighted by Gasteiger charge is 2.21. The van der Waals surface area contributed by atoms with Gasteiger partial charge in [0.25, 0.3) is 0 Å². The molecule has 0 aliphatic carbocycles. The van der Waals surface area contributed by atoms with E-state index in [4.69, 9.17) is 10.5 Å². The molecule has 0 unspecified atom stereocenters. The lowest BCUT2D eigenvalue weighted by Crippen LogP contribution is -2.27. The third kappa shape index (κ3) is 3.37. The Hall–Kier alpha value is -3.45. The quantitative estimate of drug-likeness (QED) is 0.482. The highest BCUT2D eigenvalue weighted by Crippen LogP contribution is 2.35. The number of anilines is 1. The zero-order chi connectivity index (χ0) is 20.5. The third-order valence-corrected chi connectivity index (χ3v) is 5.85. The molecule has 7 nitrogen and oxygen atoms in total. The average Bonchev–Trinajstić information content (AvgIpc) is 3.29. The van der Waals surface area contributed by atoms with Crippen LogP contribution in [0.5, 0.6) is 5.75 Å². The molecule has 0 atom stereocenters. The summed E-state index contributed by atoms with van der Waals surface area (Å²) in [6.45, 7) is 2.05. The van der Waals surface area contributed by atoms with Gasteiger partial charge in [0.15, 0.2) is 0 Å². The first-order valence-corrected chi connectivity index (χ1v) is 10.2. The summed E-state index contributed by atoms with van der Waals surface area (Å²) in [5.41, 5.74) is 11.1. The van der Waals surface area contributed by atoms with E-state index in [-0.39, 0.29) is 0 Å². The fourth-order valence-electron chi connectivity index (χ4n) is 4.17. The van der Waals surface area contributed by atoms with Crippen LogP contribution in [0.1, 0.15) is 24.5 Å². The number of H-pyrrole nitrogens is 1. The van der Waals surface area contributed by atoms with Gasteiger partial charge in [-0.2, -0.15) is 5.10 Å². The zero-order valence-corrected chi connectivity index (χ0v) is 16.9. The summed E-state index contributed by atoms with van der Waals surface area (Å²) in [4.78, 5) is 9.11. The van der Waals surface area contributed by atoms with E-state index in [1.54, 1.807) is 7.11 Å². The van der Waals surface area contributed by atoms with E-state index in [1.165, 1.54) is 5.69 Å². The molecule has 1 saturated heterocycles. The normalized spacial score (nSPS) is 14.8. The van der Waals surface area contributed by atoms with Gasteiger partial charge >= 0.3 is 0 Å². The van der Waals surface area contributed by atoms with Gasteiger partial charge in [-0.25, -0.2) is 4.98 Å². The number of ether oxygens (including phenoxy) is 1. The molecule has 4 aromatic rings. The van der Waals surface area contributed by atoms with Crippen molar-refractivity contribution in [3.05, 3.63) is 54.6 Å². The topological polar surface area (TPSA) is 102 Å². The Morgan fingerprint density at radius 1 is 0.967 bits per heavy atom. The Morgan fingerprint density at radius 2 is 1.83 bits per heavy atom. The molecular formula is C23H24N6O. The average molecular weight is 400 g/mol. The van der Waals surface area contributed by atoms with Crippen LogP contribution in [0.4, 0.5) is 5.82 Å². The highest BCUT2D eigenvalue weighted by molar-refractivity contribution is 5.88. The lowest BCUT2D eigenvalue weighted by Gasteiger charge is -2.22. The predicted molar refractivity (Wildman–Crippen MR) is 118 cm³/mol. The number of methoxy groups -OCH3 is 1. The molecule has 5 rings (SSSR count). The summed E-state index contributed by atoms with van der Waals surface area (Å²) >= 11 is 0. The Bertz CT molecular complexity index is 1200. The molecule has 0 radical (unpaired) electrons. The molecule has 1 aliphatic heterocycles. The van der Waals surface area contributed by atoms with Gasteiger partial charge in [-0.05, 0) is 61.6 Å². The van der Waals surface area contributed by atoms with Crippen LogP contribution in [0.2, 0.25) is 0 Å². The summed E-state index contributed by atoms with van der Waals surface area (Å²) in [5.74, 6) is 1.74. The number of piperidine rings is 1. The molecule has 4 N–H and O–H groups in total. The third-order valence-electron chi connectivity index (χ3n) is 5.85. The van der Waals surface area contributed by atoms with E-state index in [0.29, 0.717) is 11.7 Å². The number of pyridine rings is 2. The van der Waals surface area contributed by atoms with Gasteiger partial charge in [-0.3, -0.25) is 10.1 Å². The summed E-state index contributed by atoms with van der Waals surface area (Å²) in [6.07, 6.45) is 7.75. The van der Waals surface area contributed by atoms with Crippen LogP contribution >= 0.6 is 0 Å². The first kappa shape index (κ1) is 18.6. The molecule has 152 valence electrons. The van der Waals surface area contributed by atoms with E-state index < -0.39 is 0 Å². The van der Waals surface area contributed by atoms with Crippen molar-refractivity contribution in [2.45, 2.75) is 18.8 Å². The van der Waals surface area contributed by atoms with Crippen LogP contribution in [0.3, 0.4) is 0 Å². The fourth-order valence-corrected chi connectivity index (χ4v) is 4.17. The summed E-state index contributed by atoms with van der Waals surface area (Å²) in [6, 6.07) is 10.0. The van der Waals surface area contributed by atoms with Gasteiger partial charge in [0, 0.05) is 46.1 Å². The van der Waals surface area contributed by atoms with Crippen molar-refractivity contribution in [2.24, 2.45) is 0 Å². The van der Waals surface area contributed by atoms with Crippen molar-refractivity contribution in [1.29, 1.82) is 0 Å². The second kappa shape index (κ2) is 7.76. The SMILES string of the molecule is COc1ccc2cnc(-c3cc(-c4cn[nH]c4C4CCNCC4)cnc3N)cc2c1. The zero-order valence-electron chi connectivity index (χ0n) is 16.9. The van der Waals surface area contributed by atoms with Crippen LogP contribution in [-0.4, -0.2) is 40.4 Å². The molecule has 7 heteroatoms. The monoisotopic (exact) mass is 400 g/mol. The largest absolute Gasteiger partial charge is 0.497 e. The molecule has 1 aromatic carbocycles. The smallest absolute Gasteiger partial charge is 0.132 e. The van der Waals surface area contributed by atoms with E-state index in [0.717, 1.165) is 64.8 Å². The lowest BCUT2D eigenvalue weighted by atomic mass is 9.90. The van der Waals surface area contributed by atoms with Gasteiger partial charge in [0.1, 0.15) is 11.6 Å². The van der Waals surface area contributed by atoms with Gasteiger partial charge in [-0.1, -0.05) is 0 Å². The van der Waals surface area contributed by atoms with Gasteiger partial charge in [-0.15, -0.1) is 0 Å². The fraction of sp³-hybridized carbons (Fsp3) is 0.261. The lowest BCUT2D eigenvalue weighted by molar-refractivity contribution is 0.415. The molecular weight excluding hydrogens is 376 g/mol. The molecule has 4 heterocycles. The highest BCUT2D eigenvalue weighted by atomic mass is 16.5. The van der Waals surface area contributed by atoms with Crippen molar-refractivity contribution in [3.8, 4) is 28.1 Å². The number of benzene rings is 1. The second-order valence-corrected chi connectivity index (χ2v) is 7.66. The maximum atomic E-state index is 6.25. The minimum atomic E-state index is 0.459. The van der Waals surface area contributed by atoms with E-state index in [9.17, 15) is 0 Å². The molecule has 0 amide bonds. The van der Waals surface area contributed by atoms with Crippen molar-refractivity contribution >= 4 is 16.6 Å². The number of nitrogen functional groups attached to an aromatic ring is 1. The van der Waals surface area contributed by atoms with Crippen molar-refractivity contribution in [2.75, 3.05) is 25.9 Å². The number of nitrogens with two attached hydrogens (primary N) is 1. The Morgan fingerprint density at radius 3 is 2.67 bits per heavy atom. The first-order chi connectivity index (χ1) is 14.7. The van der Waals surface area contributed by atoms with Gasteiger partial charge in [0.05, 0.1) is 19.0 Å². The predicted octanol–water partition coefficient (Wildman–Crippen LogP) is 3.74. The van der Waals surface area contributed by atoms with Crippen molar-refractivity contribution in [1.82, 2.24) is 25.5 Å². The van der Waals surface area contributed by atoms with E-state index >= 15 is 0 Å². The number of aromatic amines is 1. The number of hydrogen-bond donors (Lipinski definition) is 3. The second-order valence-electron chi connectivity index (χ2n) is 7.66. The summed E-state index contributed by atoms with van der Waals surface area (Å²) in [7, 11) is 1.67. The number of aromatic nitrogens is 4. The number of hydrogen-bond acceptors (Lipinski definition) is 6. The molecule has 1 fully saturated rings. The van der Waals surface area contributed by atoms with Crippen LogP contribution in [0.25, 0.3) is 33.2 Å². The Labute approximate surface area is 174 Å². The van der Waals surface area contributed by atoms with Gasteiger partial charge < -0.3 is 15.8 Å². The van der Waals surface area contributed by atoms with Crippen LogP contribution < -0.4 is 15.8 Å². The molecule has 0 bridgehead atoms. The Balaban J connectivity index is 1.56. The minimum Gasteiger partial charge on any atom is -0.497 e. The molecule has 30 heavy (non-hydrogen) atoms. The summed E-state index contributed by atoms with van der Waals surface area (Å²) in [5, 5.41) is 13.1. The number of fused-ring (bicyclic) bond motifs is 1. The van der Waals surface area contributed by atoms with Crippen molar-refractivity contribution < 1.29 is 4.74 Å². The number of rotatable bonds is 4. The van der Waals surface area contributed by atoms with E-state index in [2.05, 4.69) is 31.5 Å².